The molecule has 0 aliphatic rings. The van der Waals surface area contributed by atoms with Gasteiger partial charge >= 0.3 is 0 Å². The van der Waals surface area contributed by atoms with Gasteiger partial charge in [-0.1, -0.05) is 120 Å². The van der Waals surface area contributed by atoms with Crippen LogP contribution in [0.3, 0.4) is 0 Å². The van der Waals surface area contributed by atoms with Gasteiger partial charge in [-0.25, -0.2) is 0 Å². The Kier molecular flexibility index (Phi) is 18.4. The number of nitrogens with zero attached hydrogens (tertiary/aromatic N) is 1. The molecule has 0 saturated carbocycles. The van der Waals surface area contributed by atoms with Gasteiger partial charge in [0.15, 0.2) is 0 Å². The van der Waals surface area contributed by atoms with Gasteiger partial charge in [-0.15, -0.1) is 0 Å². The molecule has 0 unspecified atom stereocenters. The summed E-state index contributed by atoms with van der Waals surface area (Å²) in [6.45, 7) is 15.0. The average molecular weight is 882 g/mol. The Labute approximate surface area is 282 Å². The van der Waals surface area contributed by atoms with E-state index in [-0.39, 0.29) is 0 Å². The van der Waals surface area contributed by atoms with Crippen molar-refractivity contribution in [2.75, 3.05) is 26.2 Å². The summed E-state index contributed by atoms with van der Waals surface area (Å²) >= 11 is 7.38. The van der Waals surface area contributed by atoms with Crippen LogP contribution in [0.4, 0.5) is 0 Å². The summed E-state index contributed by atoms with van der Waals surface area (Å²) in [4.78, 5) is 0. The number of hydrogen-bond donors (Lipinski definition) is 0. The molecule has 0 N–H and O–H groups in total. The van der Waals surface area contributed by atoms with Crippen LogP contribution < -0.4 is 15.9 Å². The van der Waals surface area contributed by atoms with E-state index < -0.39 is 7.92 Å². The van der Waals surface area contributed by atoms with Crippen LogP contribution in [0.5, 0.6) is 0 Å². The maximum absolute atomic E-state index is 2.50. The molecule has 0 spiro atoms. The lowest BCUT2D eigenvalue weighted by Crippen LogP contribution is -2.50. The van der Waals surface area contributed by atoms with Gasteiger partial charge in [0.25, 0.3) is 0 Å². The second-order valence-electron chi connectivity index (χ2n) is 10.4. The van der Waals surface area contributed by atoms with Crippen molar-refractivity contribution in [3.8, 4) is 0 Å². The minimum atomic E-state index is -0.511. The Bertz CT molecular complexity index is 982. The molecule has 3 aromatic rings. The van der Waals surface area contributed by atoms with Crippen LogP contribution in [0.2, 0.25) is 0 Å². The zero-order valence-corrected chi connectivity index (χ0v) is 31.8. The summed E-state index contributed by atoms with van der Waals surface area (Å²) in [5.74, 6) is 0. The van der Waals surface area contributed by atoms with Crippen LogP contribution in [-0.4, -0.2) is 30.7 Å². The highest BCUT2D eigenvalue weighted by Gasteiger charge is 2.25. The molecule has 0 aromatic heterocycles. The van der Waals surface area contributed by atoms with Gasteiger partial charge in [0.2, 0.25) is 0 Å². The number of halogens is 3. The maximum Gasteiger partial charge on any atom is 0.0786 e. The van der Waals surface area contributed by atoms with Crippen LogP contribution in [0.1, 0.15) is 79.1 Å². The number of unbranched alkanes of at least 4 members (excludes halogenated alkanes) is 4. The first kappa shape index (κ1) is 35.4. The van der Waals surface area contributed by atoms with Crippen LogP contribution in [-0.2, 0) is 0 Å². The van der Waals surface area contributed by atoms with Crippen molar-refractivity contribution in [3.05, 3.63) is 83.5 Å². The molecule has 1 nitrogen and oxygen atoms in total. The fourth-order valence-electron chi connectivity index (χ4n) is 4.91. The third kappa shape index (κ3) is 11.8. The minimum Gasteiger partial charge on any atom is -0.324 e. The fourth-order valence-corrected chi connectivity index (χ4v) is 10.1. The van der Waals surface area contributed by atoms with E-state index in [2.05, 4.69) is 168 Å². The number of benzene rings is 3. The van der Waals surface area contributed by atoms with E-state index in [1.807, 2.05) is 0 Å². The van der Waals surface area contributed by atoms with Gasteiger partial charge < -0.3 is 4.48 Å². The van der Waals surface area contributed by atoms with Crippen LogP contribution in [0.15, 0.2) is 72.8 Å². The first-order chi connectivity index (χ1) is 18.9. The van der Waals surface area contributed by atoms with Crippen molar-refractivity contribution in [1.82, 2.24) is 0 Å². The smallest absolute Gasteiger partial charge is 0.0786 e. The molecular weight excluding hydrogens is 834 g/mol. The van der Waals surface area contributed by atoms with Crippen molar-refractivity contribution >= 4 is 91.6 Å². The zero-order chi connectivity index (χ0) is 28.5. The van der Waals surface area contributed by atoms with Crippen LogP contribution >= 0.6 is 75.7 Å². The van der Waals surface area contributed by atoms with Gasteiger partial charge in [-0.2, -0.15) is 0 Å². The summed E-state index contributed by atoms with van der Waals surface area (Å²) < 4.78 is 5.48. The van der Waals surface area contributed by atoms with Crippen LogP contribution in [0, 0.1) is 10.7 Å². The van der Waals surface area contributed by atoms with Gasteiger partial charge in [0.05, 0.1) is 26.2 Å². The SMILES string of the molecule is CCCC[N+](CCCC)(CCCC)CCCC.Ic1ccc(P(c2ccccc2)c2ccccc2)c(I)c1I. The molecule has 3 rings (SSSR count). The van der Waals surface area contributed by atoms with Crippen LogP contribution in [0.25, 0.3) is 0 Å². The Balaban J connectivity index is 0.000000285. The van der Waals surface area contributed by atoms with Crippen molar-refractivity contribution in [2.45, 2.75) is 79.1 Å². The van der Waals surface area contributed by atoms with E-state index >= 15 is 0 Å². The van der Waals surface area contributed by atoms with E-state index in [0.29, 0.717) is 0 Å². The molecule has 0 radical (unpaired) electrons. The van der Waals surface area contributed by atoms with Crippen molar-refractivity contribution < 1.29 is 4.48 Å². The quantitative estimate of drug-likeness (QED) is 0.0618. The molecule has 0 amide bonds. The molecule has 0 aliphatic heterocycles. The maximum atomic E-state index is 2.50. The highest BCUT2D eigenvalue weighted by molar-refractivity contribution is 14.1. The standard InChI is InChI=1S/C18H12I3P.C16H36N/c19-15-11-12-16(18(21)17(15)20)22(13-7-3-1-4-8-13)14-9-5-2-6-10-14;1-5-9-13-17(14-10-6-2,15-11-7-3)16-12-8-4/h1-12H;5-16H2,1-4H3/q;+1. The molecule has 0 heterocycles. The summed E-state index contributed by atoms with van der Waals surface area (Å²) in [5.41, 5.74) is 0. The molecular formula is C34H48I3NP+. The first-order valence-corrected chi connectivity index (χ1v) is 19.4. The normalized spacial score (nSPS) is 11.4. The molecule has 3 aromatic carbocycles. The summed E-state index contributed by atoms with van der Waals surface area (Å²) in [6, 6.07) is 26.3. The molecule has 0 bridgehead atoms. The molecule has 0 fully saturated rings. The van der Waals surface area contributed by atoms with Gasteiger partial charge in [0.1, 0.15) is 0 Å². The lowest BCUT2D eigenvalue weighted by atomic mass is 10.1. The Hall–Kier alpha value is 0.240. The molecule has 0 aliphatic carbocycles. The third-order valence-corrected chi connectivity index (χ3v) is 15.3. The van der Waals surface area contributed by atoms with Crippen molar-refractivity contribution in [2.24, 2.45) is 0 Å². The van der Waals surface area contributed by atoms with Crippen molar-refractivity contribution in [3.63, 3.8) is 0 Å². The predicted octanol–water partition coefficient (Wildman–Crippen LogP) is 10.3. The zero-order valence-electron chi connectivity index (χ0n) is 24.4. The Morgan fingerprint density at radius 3 is 1.26 bits per heavy atom. The third-order valence-electron chi connectivity index (χ3n) is 7.23. The van der Waals surface area contributed by atoms with E-state index in [4.69, 9.17) is 0 Å². The summed E-state index contributed by atoms with van der Waals surface area (Å²) in [5, 5.41) is 4.25. The average Bonchev–Trinajstić information content (AvgIpc) is 2.98. The van der Waals surface area contributed by atoms with Gasteiger partial charge in [-0.05, 0) is 123 Å². The number of hydrogen-bond acceptors (Lipinski definition) is 0. The topological polar surface area (TPSA) is 0 Å². The highest BCUT2D eigenvalue weighted by atomic mass is 127. The largest absolute Gasteiger partial charge is 0.324 e. The lowest BCUT2D eigenvalue weighted by molar-refractivity contribution is -0.929. The van der Waals surface area contributed by atoms with Crippen molar-refractivity contribution in [1.29, 1.82) is 0 Å². The molecule has 39 heavy (non-hydrogen) atoms. The lowest BCUT2D eigenvalue weighted by Gasteiger charge is -2.39. The fraction of sp³-hybridized carbons (Fsp3) is 0.471. The molecule has 0 atom stereocenters. The minimum absolute atomic E-state index is 0.511. The molecule has 0 saturated heterocycles. The van der Waals surface area contributed by atoms with E-state index in [9.17, 15) is 0 Å². The number of rotatable bonds is 15. The first-order valence-electron chi connectivity index (χ1n) is 14.8. The van der Waals surface area contributed by atoms with E-state index in [0.717, 1.165) is 0 Å². The Morgan fingerprint density at radius 1 is 0.513 bits per heavy atom. The monoisotopic (exact) mass is 882 g/mol. The summed E-state index contributed by atoms with van der Waals surface area (Å²) in [7, 11) is -0.511. The predicted molar refractivity (Wildman–Crippen MR) is 203 cm³/mol. The summed E-state index contributed by atoms with van der Waals surface area (Å²) in [6.07, 6.45) is 11.1. The molecule has 214 valence electrons. The van der Waals surface area contributed by atoms with Gasteiger partial charge in [-0.3, -0.25) is 0 Å². The molecule has 5 heteroatoms. The van der Waals surface area contributed by atoms with Gasteiger partial charge in [0, 0.05) is 10.7 Å². The Morgan fingerprint density at radius 2 is 0.897 bits per heavy atom. The number of quaternary nitrogens is 1. The second kappa shape index (κ2) is 20.2. The highest BCUT2D eigenvalue weighted by Crippen LogP contribution is 2.36. The van der Waals surface area contributed by atoms with E-state index in [1.54, 1.807) is 0 Å². The second-order valence-corrected chi connectivity index (χ2v) is 15.9. The van der Waals surface area contributed by atoms with E-state index in [1.165, 1.54) is 109 Å².